The molecule has 2 unspecified atom stereocenters. The maximum atomic E-state index is 12.7. The molecule has 1 heterocycles. The first-order valence-electron chi connectivity index (χ1n) is 10.6. The van der Waals surface area contributed by atoms with Gasteiger partial charge in [0.15, 0.2) is 0 Å². The first-order valence-corrected chi connectivity index (χ1v) is 10.6. The van der Waals surface area contributed by atoms with Crippen LogP contribution in [0.15, 0.2) is 48.5 Å². The molecular weight excluding hydrogens is 412 g/mol. The molecule has 168 valence electrons. The van der Waals surface area contributed by atoms with Crippen LogP contribution in [0.4, 0.5) is 4.79 Å². The lowest BCUT2D eigenvalue weighted by Crippen LogP contribution is -2.46. The Balaban J connectivity index is 1.36. The normalized spacial score (nSPS) is 20.4. The molecule has 2 aliphatic rings. The summed E-state index contributed by atoms with van der Waals surface area (Å²) in [5.41, 5.74) is 4.48. The number of ether oxygens (including phenoxy) is 2. The van der Waals surface area contributed by atoms with E-state index in [1.54, 1.807) is 6.92 Å². The molecule has 8 heteroatoms. The van der Waals surface area contributed by atoms with Gasteiger partial charge in [0, 0.05) is 26.1 Å². The Morgan fingerprint density at radius 2 is 1.66 bits per heavy atom. The van der Waals surface area contributed by atoms with Gasteiger partial charge in [-0.3, -0.25) is 9.59 Å². The van der Waals surface area contributed by atoms with Gasteiger partial charge in [-0.05, 0) is 29.2 Å². The average molecular weight is 438 g/mol. The molecule has 0 aromatic heterocycles. The zero-order valence-corrected chi connectivity index (χ0v) is 18.0. The minimum atomic E-state index is -1.01. The predicted octanol–water partition coefficient (Wildman–Crippen LogP) is 2.47. The van der Waals surface area contributed by atoms with Crippen molar-refractivity contribution in [1.82, 2.24) is 10.2 Å². The second kappa shape index (κ2) is 9.00. The largest absolute Gasteiger partial charge is 0.481 e. The highest BCUT2D eigenvalue weighted by molar-refractivity contribution is 5.86. The molecule has 0 bridgehead atoms. The van der Waals surface area contributed by atoms with Crippen molar-refractivity contribution in [3.05, 3.63) is 59.7 Å². The highest BCUT2D eigenvalue weighted by atomic mass is 16.5. The molecule has 0 saturated carbocycles. The number of nitrogens with one attached hydrogen (secondary N) is 1. The standard InChI is InChI=1S/C24H26N2O6/c1-14(22(27)26-11-19(23(28)29)21(12-26)31-2)25-24(30)32-13-20-17-9-5-3-7-15(17)16-8-4-6-10-18(16)20/h3-10,14,19-21H,11-13H2,1-2H3,(H,25,30)(H,28,29)/t14-,19?,21?/m1/s1. The van der Waals surface area contributed by atoms with E-state index >= 15 is 0 Å². The van der Waals surface area contributed by atoms with Crippen LogP contribution in [0.2, 0.25) is 0 Å². The van der Waals surface area contributed by atoms with Gasteiger partial charge in [0.1, 0.15) is 18.6 Å². The molecular formula is C24H26N2O6. The van der Waals surface area contributed by atoms with Gasteiger partial charge in [0.25, 0.3) is 0 Å². The van der Waals surface area contributed by atoms with Gasteiger partial charge in [-0.25, -0.2) is 4.79 Å². The summed E-state index contributed by atoms with van der Waals surface area (Å²) in [7, 11) is 1.42. The fourth-order valence-corrected chi connectivity index (χ4v) is 4.58. The van der Waals surface area contributed by atoms with E-state index in [0.717, 1.165) is 22.3 Å². The number of benzene rings is 2. The van der Waals surface area contributed by atoms with E-state index in [1.165, 1.54) is 12.0 Å². The van der Waals surface area contributed by atoms with Crippen molar-refractivity contribution in [3.8, 4) is 11.1 Å². The lowest BCUT2D eigenvalue weighted by atomic mass is 9.98. The van der Waals surface area contributed by atoms with E-state index < -0.39 is 30.1 Å². The summed E-state index contributed by atoms with van der Waals surface area (Å²) >= 11 is 0. The molecule has 2 aromatic rings. The molecule has 32 heavy (non-hydrogen) atoms. The maximum Gasteiger partial charge on any atom is 0.407 e. The molecule has 1 aliphatic heterocycles. The highest BCUT2D eigenvalue weighted by Crippen LogP contribution is 2.44. The minimum absolute atomic E-state index is 0.0450. The van der Waals surface area contributed by atoms with Gasteiger partial charge >= 0.3 is 12.1 Å². The first kappa shape index (κ1) is 21.8. The van der Waals surface area contributed by atoms with Crippen LogP contribution < -0.4 is 5.32 Å². The van der Waals surface area contributed by atoms with Gasteiger partial charge in [-0.1, -0.05) is 48.5 Å². The van der Waals surface area contributed by atoms with E-state index in [0.29, 0.717) is 0 Å². The quantitative estimate of drug-likeness (QED) is 0.718. The topological polar surface area (TPSA) is 105 Å². The molecule has 2 amide bonds. The molecule has 8 nitrogen and oxygen atoms in total. The Kier molecular flexibility index (Phi) is 6.14. The first-order chi connectivity index (χ1) is 15.4. The van der Waals surface area contributed by atoms with Crippen LogP contribution in [0.3, 0.4) is 0 Å². The summed E-state index contributed by atoms with van der Waals surface area (Å²) in [6.45, 7) is 1.92. The second-order valence-corrected chi connectivity index (χ2v) is 8.15. The number of methoxy groups -OCH3 is 1. The fourth-order valence-electron chi connectivity index (χ4n) is 4.58. The summed E-state index contributed by atoms with van der Waals surface area (Å²) in [6, 6.07) is 15.2. The van der Waals surface area contributed by atoms with Crippen molar-refractivity contribution >= 4 is 18.0 Å². The van der Waals surface area contributed by atoms with Crippen LogP contribution >= 0.6 is 0 Å². The molecule has 1 aliphatic carbocycles. The van der Waals surface area contributed by atoms with Gasteiger partial charge in [-0.2, -0.15) is 0 Å². The predicted molar refractivity (Wildman–Crippen MR) is 116 cm³/mol. The summed E-state index contributed by atoms with van der Waals surface area (Å²) in [6.07, 6.45) is -1.26. The number of rotatable bonds is 6. The van der Waals surface area contributed by atoms with E-state index in [4.69, 9.17) is 9.47 Å². The molecule has 2 N–H and O–H groups in total. The number of carboxylic acids is 1. The van der Waals surface area contributed by atoms with Crippen molar-refractivity contribution in [3.63, 3.8) is 0 Å². The molecule has 2 aromatic carbocycles. The van der Waals surface area contributed by atoms with Crippen LogP contribution in [0, 0.1) is 5.92 Å². The van der Waals surface area contributed by atoms with Crippen LogP contribution in [0.1, 0.15) is 24.0 Å². The van der Waals surface area contributed by atoms with Gasteiger partial charge in [0.05, 0.1) is 6.10 Å². The van der Waals surface area contributed by atoms with Crippen LogP contribution in [0.5, 0.6) is 0 Å². The molecule has 3 atom stereocenters. The zero-order chi connectivity index (χ0) is 22.8. The summed E-state index contributed by atoms with van der Waals surface area (Å²) < 4.78 is 10.7. The number of carbonyl (C=O) groups is 3. The average Bonchev–Trinajstić information content (AvgIpc) is 3.37. The third kappa shape index (κ3) is 4.05. The van der Waals surface area contributed by atoms with Crippen molar-refractivity contribution in [2.75, 3.05) is 26.8 Å². The molecule has 1 fully saturated rings. The van der Waals surface area contributed by atoms with E-state index in [-0.39, 0.29) is 31.5 Å². The molecule has 4 rings (SSSR count). The lowest BCUT2D eigenvalue weighted by molar-refractivity contribution is -0.144. The second-order valence-electron chi connectivity index (χ2n) is 8.15. The third-order valence-corrected chi connectivity index (χ3v) is 6.25. The third-order valence-electron chi connectivity index (χ3n) is 6.25. The lowest BCUT2D eigenvalue weighted by Gasteiger charge is -2.22. The number of fused-ring (bicyclic) bond motifs is 3. The smallest absolute Gasteiger partial charge is 0.407 e. The van der Waals surface area contributed by atoms with Crippen molar-refractivity contribution in [2.24, 2.45) is 5.92 Å². The maximum absolute atomic E-state index is 12.7. The van der Waals surface area contributed by atoms with E-state index in [9.17, 15) is 19.5 Å². The number of amides is 2. The van der Waals surface area contributed by atoms with Gasteiger partial charge in [0.2, 0.25) is 5.91 Å². The molecule has 0 radical (unpaired) electrons. The number of carboxylic acid groups (broad SMARTS) is 1. The number of hydrogen-bond acceptors (Lipinski definition) is 5. The summed E-state index contributed by atoms with van der Waals surface area (Å²) in [5, 5.41) is 11.9. The monoisotopic (exact) mass is 438 g/mol. The Bertz CT molecular complexity index is 993. The number of alkyl carbamates (subject to hydrolysis) is 1. The SMILES string of the molecule is COC1CN(C(=O)[C@@H](C)NC(=O)OCC2c3ccccc3-c3ccccc32)CC1C(=O)O. The summed E-state index contributed by atoms with van der Waals surface area (Å²) in [5.74, 6) is -2.24. The summed E-state index contributed by atoms with van der Waals surface area (Å²) in [4.78, 5) is 37.9. The fraction of sp³-hybridized carbons (Fsp3) is 0.375. The minimum Gasteiger partial charge on any atom is -0.481 e. The van der Waals surface area contributed by atoms with Crippen molar-refractivity contribution < 1.29 is 29.0 Å². The molecule has 0 spiro atoms. The Labute approximate surface area is 186 Å². The molecule has 1 saturated heterocycles. The van der Waals surface area contributed by atoms with Crippen LogP contribution in [0.25, 0.3) is 11.1 Å². The zero-order valence-electron chi connectivity index (χ0n) is 18.0. The Morgan fingerprint density at radius 1 is 1.06 bits per heavy atom. The Morgan fingerprint density at radius 3 is 2.19 bits per heavy atom. The van der Waals surface area contributed by atoms with Crippen molar-refractivity contribution in [1.29, 1.82) is 0 Å². The number of hydrogen-bond donors (Lipinski definition) is 2. The van der Waals surface area contributed by atoms with E-state index in [2.05, 4.69) is 17.4 Å². The highest BCUT2D eigenvalue weighted by Gasteiger charge is 2.41. The number of aliphatic carboxylic acids is 1. The van der Waals surface area contributed by atoms with Crippen molar-refractivity contribution in [2.45, 2.75) is 25.0 Å². The van der Waals surface area contributed by atoms with Crippen LogP contribution in [-0.4, -0.2) is 66.9 Å². The van der Waals surface area contributed by atoms with Gasteiger partial charge in [-0.15, -0.1) is 0 Å². The number of nitrogens with zero attached hydrogens (tertiary/aromatic N) is 1. The van der Waals surface area contributed by atoms with E-state index in [1.807, 2.05) is 36.4 Å². The number of carbonyl (C=O) groups excluding carboxylic acids is 2. The Hall–Kier alpha value is -3.39. The number of likely N-dealkylation sites (tertiary alicyclic amines) is 1. The van der Waals surface area contributed by atoms with Gasteiger partial charge < -0.3 is 24.8 Å². The van der Waals surface area contributed by atoms with Crippen LogP contribution in [-0.2, 0) is 19.1 Å².